The van der Waals surface area contributed by atoms with Gasteiger partial charge >= 0.3 is 0 Å². The number of likely N-dealkylation sites (N-methyl/N-ethyl adjacent to an activating group) is 1. The average Bonchev–Trinajstić information content (AvgIpc) is 2.67. The molecule has 6 N–H and O–H groups in total. The number of aliphatic hydroxyl groups is 4. The molecular weight excluding hydrogens is 483 g/mol. The normalized spacial score (nSPS) is 15.0. The van der Waals surface area contributed by atoms with Gasteiger partial charge in [-0.3, -0.25) is 5.32 Å². The highest BCUT2D eigenvalue weighted by Crippen LogP contribution is 2.13. The van der Waals surface area contributed by atoms with Crippen molar-refractivity contribution >= 4 is 22.6 Å². The van der Waals surface area contributed by atoms with Gasteiger partial charge in [0.15, 0.2) is 6.29 Å². The molecule has 0 aromatic rings. The standard InChI is InChI=1S/C22H47IN2O4/c1-2-24-19(22(23)29)15-13-14-18-25-20(26)16-11-9-7-5-3-4-6-8-10-12-17-21(27)28/h19-22,24-29H,2-18H2,1H3. The lowest BCUT2D eigenvalue weighted by Crippen LogP contribution is -2.36. The first-order valence-electron chi connectivity index (χ1n) is 11.8. The highest BCUT2D eigenvalue weighted by molar-refractivity contribution is 14.1. The molecule has 0 saturated heterocycles. The Balaban J connectivity index is 3.32. The zero-order valence-corrected chi connectivity index (χ0v) is 20.7. The fraction of sp³-hybridized carbons (Fsp3) is 1.00. The SMILES string of the molecule is CCNC(CCCCNC(O)CCCCCCCCCCCCC(O)O)C(O)I. The van der Waals surface area contributed by atoms with Crippen molar-refractivity contribution in [3.8, 4) is 0 Å². The van der Waals surface area contributed by atoms with E-state index in [4.69, 9.17) is 10.2 Å². The summed E-state index contributed by atoms with van der Waals surface area (Å²) in [5.74, 6) is 0. The molecule has 29 heavy (non-hydrogen) atoms. The Morgan fingerprint density at radius 2 is 1.10 bits per heavy atom. The van der Waals surface area contributed by atoms with Crippen molar-refractivity contribution < 1.29 is 20.4 Å². The number of halogens is 1. The largest absolute Gasteiger partial charge is 0.381 e. The summed E-state index contributed by atoms with van der Waals surface area (Å²) < 4.78 is -0.349. The highest BCUT2D eigenvalue weighted by atomic mass is 127. The summed E-state index contributed by atoms with van der Waals surface area (Å²) in [5.41, 5.74) is 0. The second-order valence-electron chi connectivity index (χ2n) is 8.10. The molecule has 0 aromatic carbocycles. The second kappa shape index (κ2) is 21.7. The van der Waals surface area contributed by atoms with Gasteiger partial charge in [0.05, 0.1) is 0 Å². The number of hydrogen-bond acceptors (Lipinski definition) is 6. The molecule has 0 rings (SSSR count). The van der Waals surface area contributed by atoms with Gasteiger partial charge in [-0.2, -0.15) is 0 Å². The van der Waals surface area contributed by atoms with Crippen molar-refractivity contribution in [3.05, 3.63) is 0 Å². The van der Waals surface area contributed by atoms with E-state index in [0.29, 0.717) is 6.42 Å². The summed E-state index contributed by atoms with van der Waals surface area (Å²) in [5, 5.41) is 43.7. The fourth-order valence-corrected chi connectivity index (χ4v) is 4.15. The topological polar surface area (TPSA) is 105 Å². The third kappa shape index (κ3) is 21.5. The highest BCUT2D eigenvalue weighted by Gasteiger charge is 2.14. The molecule has 0 amide bonds. The molecule has 0 heterocycles. The molecule has 0 aliphatic heterocycles. The third-order valence-corrected chi connectivity index (χ3v) is 6.18. The number of aliphatic hydroxyl groups excluding tert-OH is 3. The second-order valence-corrected chi connectivity index (χ2v) is 9.37. The molecule has 3 unspecified atom stereocenters. The van der Waals surface area contributed by atoms with Crippen molar-refractivity contribution in [2.75, 3.05) is 13.1 Å². The van der Waals surface area contributed by atoms with Crippen molar-refractivity contribution in [2.24, 2.45) is 0 Å². The van der Waals surface area contributed by atoms with Crippen LogP contribution in [0.5, 0.6) is 0 Å². The van der Waals surface area contributed by atoms with Crippen LogP contribution in [0.15, 0.2) is 0 Å². The fourth-order valence-electron chi connectivity index (χ4n) is 3.54. The first kappa shape index (κ1) is 29.5. The van der Waals surface area contributed by atoms with Crippen LogP contribution in [0, 0.1) is 0 Å². The first-order valence-corrected chi connectivity index (χ1v) is 13.0. The van der Waals surface area contributed by atoms with Crippen LogP contribution in [-0.2, 0) is 0 Å². The van der Waals surface area contributed by atoms with Crippen LogP contribution >= 0.6 is 22.6 Å². The van der Waals surface area contributed by atoms with Gasteiger partial charge in [0, 0.05) is 6.04 Å². The van der Waals surface area contributed by atoms with E-state index in [1.54, 1.807) is 0 Å². The molecule has 0 saturated carbocycles. The molecule has 0 aliphatic rings. The van der Waals surface area contributed by atoms with Gasteiger partial charge in [-0.25, -0.2) is 0 Å². The predicted molar refractivity (Wildman–Crippen MR) is 129 cm³/mol. The Labute approximate surface area is 192 Å². The maximum atomic E-state index is 10.0. The van der Waals surface area contributed by atoms with Crippen molar-refractivity contribution in [1.82, 2.24) is 10.6 Å². The minimum atomic E-state index is -1.14. The Bertz CT molecular complexity index is 336. The Morgan fingerprint density at radius 3 is 1.59 bits per heavy atom. The van der Waals surface area contributed by atoms with Crippen molar-refractivity contribution in [3.63, 3.8) is 0 Å². The van der Waals surface area contributed by atoms with E-state index in [1.807, 2.05) is 0 Å². The molecule has 0 aliphatic carbocycles. The number of hydrogen-bond donors (Lipinski definition) is 6. The summed E-state index contributed by atoms with van der Waals surface area (Å²) in [6.07, 6.45) is 14.6. The van der Waals surface area contributed by atoms with Gasteiger partial charge in [0.25, 0.3) is 0 Å². The van der Waals surface area contributed by atoms with E-state index in [-0.39, 0.29) is 10.2 Å². The molecule has 176 valence electrons. The zero-order valence-electron chi connectivity index (χ0n) is 18.5. The lowest BCUT2D eigenvalue weighted by atomic mass is 10.0. The Kier molecular flexibility index (Phi) is 22.1. The van der Waals surface area contributed by atoms with Crippen LogP contribution < -0.4 is 10.6 Å². The van der Waals surface area contributed by atoms with Gasteiger partial charge in [-0.05, 0) is 74.2 Å². The monoisotopic (exact) mass is 530 g/mol. The van der Waals surface area contributed by atoms with Crippen LogP contribution in [0.2, 0.25) is 0 Å². The predicted octanol–water partition coefficient (Wildman–Crippen LogP) is 3.79. The van der Waals surface area contributed by atoms with Crippen LogP contribution in [0.3, 0.4) is 0 Å². The molecule has 6 nitrogen and oxygen atoms in total. The molecule has 0 fully saturated rings. The number of nitrogens with one attached hydrogen (secondary N) is 2. The summed E-state index contributed by atoms with van der Waals surface area (Å²) in [7, 11) is 0. The van der Waals surface area contributed by atoms with E-state index >= 15 is 0 Å². The number of rotatable bonds is 22. The Morgan fingerprint density at radius 1 is 0.621 bits per heavy atom. The third-order valence-electron chi connectivity index (χ3n) is 5.31. The van der Waals surface area contributed by atoms with Crippen LogP contribution in [0.1, 0.15) is 103 Å². The van der Waals surface area contributed by atoms with E-state index in [9.17, 15) is 10.2 Å². The van der Waals surface area contributed by atoms with E-state index < -0.39 is 12.5 Å². The van der Waals surface area contributed by atoms with Gasteiger partial charge < -0.3 is 25.7 Å². The number of unbranched alkanes of at least 4 members (excludes halogenated alkanes) is 10. The van der Waals surface area contributed by atoms with E-state index in [0.717, 1.165) is 58.0 Å². The smallest absolute Gasteiger partial charge is 0.151 e. The van der Waals surface area contributed by atoms with Crippen molar-refractivity contribution in [1.29, 1.82) is 0 Å². The Hall–Kier alpha value is 0.490. The minimum Gasteiger partial charge on any atom is -0.381 e. The molecular formula is C22H47IN2O4. The minimum absolute atomic E-state index is 0.158. The summed E-state index contributed by atoms with van der Waals surface area (Å²) >= 11 is 2.06. The molecule has 3 atom stereocenters. The first-order chi connectivity index (χ1) is 14.0. The lowest BCUT2D eigenvalue weighted by Gasteiger charge is -2.19. The van der Waals surface area contributed by atoms with E-state index in [1.165, 1.54) is 44.9 Å². The molecule has 0 aromatic heterocycles. The zero-order chi connectivity index (χ0) is 21.7. The van der Waals surface area contributed by atoms with Gasteiger partial charge in [-0.1, -0.05) is 64.7 Å². The molecule has 0 radical (unpaired) electrons. The quantitative estimate of drug-likeness (QED) is 0.0551. The summed E-state index contributed by atoms with van der Waals surface area (Å²) in [4.78, 5) is 0. The lowest BCUT2D eigenvalue weighted by molar-refractivity contribution is -0.0466. The van der Waals surface area contributed by atoms with Crippen molar-refractivity contribution in [2.45, 2.75) is 126 Å². The van der Waals surface area contributed by atoms with Gasteiger partial charge in [0.1, 0.15) is 10.3 Å². The van der Waals surface area contributed by atoms with Crippen LogP contribution in [-0.4, -0.2) is 56.2 Å². The molecule has 7 heteroatoms. The molecule has 0 spiro atoms. The maximum absolute atomic E-state index is 10.0. The van der Waals surface area contributed by atoms with Crippen LogP contribution in [0.25, 0.3) is 0 Å². The summed E-state index contributed by atoms with van der Waals surface area (Å²) in [6.45, 7) is 3.76. The van der Waals surface area contributed by atoms with E-state index in [2.05, 4.69) is 40.1 Å². The average molecular weight is 531 g/mol. The number of alkyl halides is 1. The maximum Gasteiger partial charge on any atom is 0.151 e. The molecule has 0 bridgehead atoms. The van der Waals surface area contributed by atoms with Crippen LogP contribution in [0.4, 0.5) is 0 Å². The summed E-state index contributed by atoms with van der Waals surface area (Å²) in [6, 6.07) is 0.158. The van der Waals surface area contributed by atoms with Gasteiger partial charge in [0.2, 0.25) is 0 Å². The van der Waals surface area contributed by atoms with Gasteiger partial charge in [-0.15, -0.1) is 0 Å².